The van der Waals surface area contributed by atoms with Crippen LogP contribution in [-0.2, 0) is 19.1 Å². The van der Waals surface area contributed by atoms with Crippen LogP contribution in [0.2, 0.25) is 0 Å². The number of carbonyl (C=O) groups is 2. The Labute approximate surface area is 186 Å². The van der Waals surface area contributed by atoms with Crippen LogP contribution in [0.3, 0.4) is 0 Å². The first-order valence-corrected chi connectivity index (χ1v) is 10.4. The van der Waals surface area contributed by atoms with E-state index in [1.54, 1.807) is 12.1 Å². The Hall–Kier alpha value is -3.10. The van der Waals surface area contributed by atoms with Crippen molar-refractivity contribution in [2.45, 2.75) is 26.1 Å². The van der Waals surface area contributed by atoms with Crippen molar-refractivity contribution in [3.8, 4) is 23.0 Å². The predicted molar refractivity (Wildman–Crippen MR) is 113 cm³/mol. The van der Waals surface area contributed by atoms with Crippen LogP contribution in [0.25, 0.3) is 0 Å². The van der Waals surface area contributed by atoms with Gasteiger partial charge < -0.3 is 28.4 Å². The van der Waals surface area contributed by atoms with E-state index in [1.165, 1.54) is 28.1 Å². The van der Waals surface area contributed by atoms with Crippen molar-refractivity contribution < 1.29 is 38.0 Å². The normalized spacial score (nSPS) is 24.0. The first-order chi connectivity index (χ1) is 15.4. The standard InChI is InChI=1S/C24H26O8/c1-13(25)31-19-7-5-15(9-21(19)27-3)23-17-11-30-24(18(17)12-29-23)16-6-8-20(32-14(2)26)22(10-16)28-4/h5-10,17-18,23-24H,11-12H2,1-4H3/t17-,18+,23-,24-/m1/s1. The molecular formula is C24H26O8. The highest BCUT2D eigenvalue weighted by Gasteiger charge is 2.48. The fraction of sp³-hybridized carbons (Fsp3) is 0.417. The second kappa shape index (κ2) is 9.18. The van der Waals surface area contributed by atoms with Crippen molar-refractivity contribution in [3.05, 3.63) is 47.5 Å². The van der Waals surface area contributed by atoms with Gasteiger partial charge in [0, 0.05) is 25.7 Å². The van der Waals surface area contributed by atoms with E-state index in [0.29, 0.717) is 36.2 Å². The largest absolute Gasteiger partial charge is 0.493 e. The molecule has 0 unspecified atom stereocenters. The third-order valence-electron chi connectivity index (χ3n) is 5.80. The van der Waals surface area contributed by atoms with E-state index in [1.807, 2.05) is 24.3 Å². The third kappa shape index (κ3) is 4.28. The molecule has 32 heavy (non-hydrogen) atoms. The average molecular weight is 442 g/mol. The van der Waals surface area contributed by atoms with Gasteiger partial charge in [0.1, 0.15) is 0 Å². The zero-order valence-electron chi connectivity index (χ0n) is 18.5. The molecule has 0 saturated carbocycles. The number of carbonyl (C=O) groups excluding carboxylic acids is 2. The Morgan fingerprint density at radius 3 is 1.47 bits per heavy atom. The zero-order valence-corrected chi connectivity index (χ0v) is 18.5. The molecular weight excluding hydrogens is 416 g/mol. The average Bonchev–Trinajstić information content (AvgIpc) is 3.36. The van der Waals surface area contributed by atoms with Crippen LogP contribution in [0, 0.1) is 11.8 Å². The van der Waals surface area contributed by atoms with E-state index in [-0.39, 0.29) is 24.0 Å². The lowest BCUT2D eigenvalue weighted by Crippen LogP contribution is -2.15. The van der Waals surface area contributed by atoms with Crippen molar-refractivity contribution in [2.24, 2.45) is 11.8 Å². The van der Waals surface area contributed by atoms with Crippen LogP contribution < -0.4 is 18.9 Å². The molecule has 4 rings (SSSR count). The summed E-state index contributed by atoms with van der Waals surface area (Å²) in [6.07, 6.45) is -0.319. The molecule has 2 aromatic carbocycles. The van der Waals surface area contributed by atoms with Gasteiger partial charge in [0.25, 0.3) is 0 Å². The van der Waals surface area contributed by atoms with Crippen molar-refractivity contribution in [2.75, 3.05) is 27.4 Å². The number of ether oxygens (including phenoxy) is 6. The number of methoxy groups -OCH3 is 2. The molecule has 2 aliphatic heterocycles. The molecule has 0 spiro atoms. The topological polar surface area (TPSA) is 89.5 Å². The second-order valence-electron chi connectivity index (χ2n) is 7.84. The highest BCUT2D eigenvalue weighted by atomic mass is 16.6. The highest BCUT2D eigenvalue weighted by molar-refractivity contribution is 5.71. The van der Waals surface area contributed by atoms with Gasteiger partial charge in [0.15, 0.2) is 23.0 Å². The van der Waals surface area contributed by atoms with E-state index in [2.05, 4.69) is 0 Å². The summed E-state index contributed by atoms with van der Waals surface area (Å²) in [6, 6.07) is 10.9. The van der Waals surface area contributed by atoms with Crippen LogP contribution in [0.5, 0.6) is 23.0 Å². The molecule has 8 heteroatoms. The van der Waals surface area contributed by atoms with Crippen LogP contribution in [-0.4, -0.2) is 39.4 Å². The molecule has 2 aliphatic rings. The maximum absolute atomic E-state index is 11.3. The van der Waals surface area contributed by atoms with Gasteiger partial charge in [0.2, 0.25) is 0 Å². The minimum Gasteiger partial charge on any atom is -0.493 e. The van der Waals surface area contributed by atoms with E-state index in [4.69, 9.17) is 28.4 Å². The van der Waals surface area contributed by atoms with Gasteiger partial charge in [-0.05, 0) is 35.4 Å². The molecule has 2 heterocycles. The minimum atomic E-state index is -0.407. The van der Waals surface area contributed by atoms with E-state index < -0.39 is 11.9 Å². The third-order valence-corrected chi connectivity index (χ3v) is 5.80. The van der Waals surface area contributed by atoms with Crippen molar-refractivity contribution >= 4 is 11.9 Å². The first-order valence-electron chi connectivity index (χ1n) is 10.4. The Bertz CT molecular complexity index is 936. The maximum Gasteiger partial charge on any atom is 0.308 e. The number of hydrogen-bond donors (Lipinski definition) is 0. The quantitative estimate of drug-likeness (QED) is 0.495. The van der Waals surface area contributed by atoms with Crippen LogP contribution >= 0.6 is 0 Å². The van der Waals surface area contributed by atoms with Crippen molar-refractivity contribution in [1.82, 2.24) is 0 Å². The summed E-state index contributed by atoms with van der Waals surface area (Å²) >= 11 is 0. The van der Waals surface area contributed by atoms with Gasteiger partial charge in [0.05, 0.1) is 39.6 Å². The Morgan fingerprint density at radius 2 is 1.12 bits per heavy atom. The molecule has 170 valence electrons. The van der Waals surface area contributed by atoms with Crippen LogP contribution in [0.1, 0.15) is 37.2 Å². The summed E-state index contributed by atoms with van der Waals surface area (Å²) in [6.45, 7) is 3.79. The lowest BCUT2D eigenvalue weighted by atomic mass is 9.85. The molecule has 0 bridgehead atoms. The van der Waals surface area contributed by atoms with Gasteiger partial charge in [-0.2, -0.15) is 0 Å². The fourth-order valence-electron chi connectivity index (χ4n) is 4.44. The molecule has 0 aromatic heterocycles. The summed E-state index contributed by atoms with van der Waals surface area (Å²) < 4.78 is 33.5. The zero-order chi connectivity index (χ0) is 22.8. The van der Waals surface area contributed by atoms with Gasteiger partial charge in [-0.3, -0.25) is 9.59 Å². The number of benzene rings is 2. The van der Waals surface area contributed by atoms with Crippen molar-refractivity contribution in [1.29, 1.82) is 0 Å². The highest BCUT2D eigenvalue weighted by Crippen LogP contribution is 2.51. The summed E-state index contributed by atoms with van der Waals surface area (Å²) in [7, 11) is 3.07. The van der Waals surface area contributed by atoms with Gasteiger partial charge in [-0.1, -0.05) is 12.1 Å². The lowest BCUT2D eigenvalue weighted by molar-refractivity contribution is -0.132. The van der Waals surface area contributed by atoms with E-state index in [9.17, 15) is 9.59 Å². The Balaban J connectivity index is 1.54. The number of rotatable bonds is 6. The number of fused-ring (bicyclic) bond motifs is 1. The molecule has 0 N–H and O–H groups in total. The fourth-order valence-corrected chi connectivity index (χ4v) is 4.44. The molecule has 2 aromatic rings. The maximum atomic E-state index is 11.3. The lowest BCUT2D eigenvalue weighted by Gasteiger charge is -2.18. The number of hydrogen-bond acceptors (Lipinski definition) is 8. The molecule has 0 aliphatic carbocycles. The summed E-state index contributed by atoms with van der Waals surface area (Å²) in [5, 5.41) is 0. The smallest absolute Gasteiger partial charge is 0.308 e. The minimum absolute atomic E-state index is 0.156. The summed E-state index contributed by atoms with van der Waals surface area (Å²) in [4.78, 5) is 22.6. The summed E-state index contributed by atoms with van der Waals surface area (Å²) in [5.41, 5.74) is 1.88. The monoisotopic (exact) mass is 442 g/mol. The molecule has 4 atom stereocenters. The molecule has 0 amide bonds. The molecule has 2 fully saturated rings. The summed E-state index contributed by atoms with van der Waals surface area (Å²) in [5.74, 6) is 1.20. The second-order valence-corrected chi connectivity index (χ2v) is 7.84. The number of esters is 2. The molecule has 8 nitrogen and oxygen atoms in total. The van der Waals surface area contributed by atoms with E-state index in [0.717, 1.165) is 11.1 Å². The van der Waals surface area contributed by atoms with Gasteiger partial charge in [-0.15, -0.1) is 0 Å². The van der Waals surface area contributed by atoms with Crippen molar-refractivity contribution in [3.63, 3.8) is 0 Å². The van der Waals surface area contributed by atoms with Gasteiger partial charge >= 0.3 is 11.9 Å². The molecule has 2 saturated heterocycles. The van der Waals surface area contributed by atoms with E-state index >= 15 is 0 Å². The predicted octanol–water partition coefficient (Wildman–Crippen LogP) is 3.63. The Morgan fingerprint density at radius 1 is 0.719 bits per heavy atom. The SMILES string of the molecule is COc1cc([C@H]2OC[C@H]3[C@H]2CO[C@@H]3c2ccc(OC(C)=O)c(OC)c2)ccc1OC(C)=O. The van der Waals surface area contributed by atoms with Crippen LogP contribution in [0.4, 0.5) is 0 Å². The molecule has 0 radical (unpaired) electrons. The Kier molecular flexibility index (Phi) is 6.34. The van der Waals surface area contributed by atoms with Crippen LogP contribution in [0.15, 0.2) is 36.4 Å². The van der Waals surface area contributed by atoms with Gasteiger partial charge in [-0.25, -0.2) is 0 Å². The first kappa shape index (κ1) is 22.1.